The minimum atomic E-state index is -0.189. The maximum atomic E-state index is 10.2. The van der Waals surface area contributed by atoms with Crippen molar-refractivity contribution in [1.82, 2.24) is 15.2 Å². The summed E-state index contributed by atoms with van der Waals surface area (Å²) in [4.78, 5) is 8.82. The van der Waals surface area contributed by atoms with Crippen LogP contribution >= 0.6 is 0 Å². The van der Waals surface area contributed by atoms with Crippen molar-refractivity contribution < 1.29 is 10.2 Å². The standard InChI is InChI=1S/C24H26N6O2/c1-17-9-11-29(12-13-30(17)19-8-10-26-18(15-19)5-4-14-31)22-16-21(27-28-24(22)25)20-6-2-3-7-23(20)32/h2-3,6-8,10,15-17,31-32H,9,11-14H2,1H3,(H2,25,28)/t17-/m0/s1. The van der Waals surface area contributed by atoms with Crippen LogP contribution in [0.3, 0.4) is 0 Å². The van der Waals surface area contributed by atoms with Gasteiger partial charge in [-0.05, 0) is 49.6 Å². The van der Waals surface area contributed by atoms with Crippen molar-refractivity contribution in [2.45, 2.75) is 19.4 Å². The zero-order valence-corrected chi connectivity index (χ0v) is 17.9. The van der Waals surface area contributed by atoms with Crippen molar-refractivity contribution in [1.29, 1.82) is 0 Å². The van der Waals surface area contributed by atoms with E-state index in [0.717, 1.165) is 37.4 Å². The topological polar surface area (TPSA) is 112 Å². The molecule has 3 aromatic rings. The molecule has 3 heterocycles. The molecular weight excluding hydrogens is 404 g/mol. The zero-order valence-electron chi connectivity index (χ0n) is 17.9. The molecule has 0 radical (unpaired) electrons. The molecule has 4 rings (SSSR count). The number of benzene rings is 1. The van der Waals surface area contributed by atoms with Crippen LogP contribution in [-0.4, -0.2) is 57.7 Å². The molecule has 2 aromatic heterocycles. The normalized spacial score (nSPS) is 16.2. The van der Waals surface area contributed by atoms with Gasteiger partial charge < -0.3 is 25.7 Å². The van der Waals surface area contributed by atoms with Crippen LogP contribution in [0.15, 0.2) is 48.7 Å². The van der Waals surface area contributed by atoms with Gasteiger partial charge in [-0.15, -0.1) is 10.2 Å². The van der Waals surface area contributed by atoms with Crippen LogP contribution in [0.5, 0.6) is 5.75 Å². The Morgan fingerprint density at radius 2 is 1.97 bits per heavy atom. The van der Waals surface area contributed by atoms with Gasteiger partial charge in [0.05, 0.1) is 11.4 Å². The molecule has 0 bridgehead atoms. The van der Waals surface area contributed by atoms with Gasteiger partial charge in [-0.2, -0.15) is 0 Å². The van der Waals surface area contributed by atoms with E-state index in [0.29, 0.717) is 28.8 Å². The summed E-state index contributed by atoms with van der Waals surface area (Å²) >= 11 is 0. The number of nitrogens with two attached hydrogens (primary N) is 1. The van der Waals surface area contributed by atoms with Gasteiger partial charge in [0, 0.05) is 43.1 Å². The van der Waals surface area contributed by atoms with Crippen LogP contribution < -0.4 is 15.5 Å². The Balaban J connectivity index is 1.58. The summed E-state index contributed by atoms with van der Waals surface area (Å²) in [6.45, 7) is 4.36. The summed E-state index contributed by atoms with van der Waals surface area (Å²) in [5.41, 5.74) is 9.91. The number of hydrogen-bond acceptors (Lipinski definition) is 8. The first kappa shape index (κ1) is 21.4. The lowest BCUT2D eigenvalue weighted by Gasteiger charge is -2.29. The van der Waals surface area contributed by atoms with Crippen molar-refractivity contribution >= 4 is 17.2 Å². The van der Waals surface area contributed by atoms with Crippen LogP contribution in [0, 0.1) is 11.8 Å². The smallest absolute Gasteiger partial charge is 0.169 e. The molecule has 0 unspecified atom stereocenters. The highest BCUT2D eigenvalue weighted by atomic mass is 16.3. The first-order valence-corrected chi connectivity index (χ1v) is 10.6. The number of para-hydroxylation sites is 1. The third-order valence-corrected chi connectivity index (χ3v) is 5.65. The SMILES string of the molecule is C[C@H]1CCN(c2cc(-c3ccccc3O)nnc2N)CCN1c1ccnc(C#CCO)c1. The van der Waals surface area contributed by atoms with Gasteiger partial charge in [0.1, 0.15) is 18.1 Å². The summed E-state index contributed by atoms with van der Waals surface area (Å²) in [5.74, 6) is 6.05. The van der Waals surface area contributed by atoms with Crippen LogP contribution in [0.1, 0.15) is 19.0 Å². The molecule has 1 fully saturated rings. The molecule has 4 N–H and O–H groups in total. The number of aromatic hydroxyl groups is 1. The third-order valence-electron chi connectivity index (χ3n) is 5.65. The second-order valence-electron chi connectivity index (χ2n) is 7.69. The fourth-order valence-electron chi connectivity index (χ4n) is 3.95. The van der Waals surface area contributed by atoms with E-state index in [9.17, 15) is 5.11 Å². The molecule has 8 heteroatoms. The second kappa shape index (κ2) is 9.54. The largest absolute Gasteiger partial charge is 0.507 e. The highest BCUT2D eigenvalue weighted by Crippen LogP contribution is 2.32. The van der Waals surface area contributed by atoms with Gasteiger partial charge in [-0.3, -0.25) is 0 Å². The number of nitrogens with zero attached hydrogens (tertiary/aromatic N) is 5. The number of pyridine rings is 1. The Hall–Kier alpha value is -3.83. The van der Waals surface area contributed by atoms with Crippen LogP contribution in [0.4, 0.5) is 17.2 Å². The summed E-state index contributed by atoms with van der Waals surface area (Å²) in [6, 6.07) is 13.2. The molecule has 1 atom stereocenters. The molecule has 0 amide bonds. The monoisotopic (exact) mass is 430 g/mol. The number of aromatic nitrogens is 3. The number of hydrogen-bond donors (Lipinski definition) is 3. The molecule has 0 aliphatic carbocycles. The van der Waals surface area contributed by atoms with E-state index in [2.05, 4.69) is 43.7 Å². The first-order valence-electron chi connectivity index (χ1n) is 10.6. The van der Waals surface area contributed by atoms with Crippen LogP contribution in [-0.2, 0) is 0 Å². The highest BCUT2D eigenvalue weighted by molar-refractivity contribution is 5.74. The van der Waals surface area contributed by atoms with E-state index in [-0.39, 0.29) is 12.4 Å². The van der Waals surface area contributed by atoms with Gasteiger partial charge in [0.2, 0.25) is 0 Å². The minimum Gasteiger partial charge on any atom is -0.507 e. The molecular formula is C24H26N6O2. The lowest BCUT2D eigenvalue weighted by Crippen LogP contribution is -2.35. The Morgan fingerprint density at radius 1 is 1.12 bits per heavy atom. The lowest BCUT2D eigenvalue weighted by atomic mass is 10.1. The number of nitrogen functional groups attached to an aromatic ring is 1. The van der Waals surface area contributed by atoms with Crippen molar-refractivity contribution in [2.24, 2.45) is 0 Å². The molecule has 1 aliphatic rings. The Bertz CT molecular complexity index is 1160. The average Bonchev–Trinajstić information content (AvgIpc) is 3.00. The lowest BCUT2D eigenvalue weighted by molar-refractivity contribution is 0.350. The predicted octanol–water partition coefficient (Wildman–Crippen LogP) is 2.28. The summed E-state index contributed by atoms with van der Waals surface area (Å²) in [6.07, 6.45) is 2.67. The molecule has 0 saturated carbocycles. The van der Waals surface area contributed by atoms with E-state index in [1.54, 1.807) is 18.3 Å². The van der Waals surface area contributed by atoms with E-state index in [1.807, 2.05) is 30.3 Å². The number of rotatable bonds is 3. The number of aliphatic hydroxyl groups is 1. The second-order valence-corrected chi connectivity index (χ2v) is 7.69. The van der Waals surface area contributed by atoms with Gasteiger partial charge in [0.25, 0.3) is 0 Å². The maximum absolute atomic E-state index is 10.2. The Labute approximate surface area is 187 Å². The van der Waals surface area contributed by atoms with E-state index < -0.39 is 0 Å². The molecule has 164 valence electrons. The van der Waals surface area contributed by atoms with E-state index >= 15 is 0 Å². The van der Waals surface area contributed by atoms with E-state index in [4.69, 9.17) is 10.8 Å². The van der Waals surface area contributed by atoms with Gasteiger partial charge >= 0.3 is 0 Å². The number of phenolic OH excluding ortho intramolecular Hbond substituents is 1. The highest BCUT2D eigenvalue weighted by Gasteiger charge is 2.24. The quantitative estimate of drug-likeness (QED) is 0.543. The maximum Gasteiger partial charge on any atom is 0.169 e. The third kappa shape index (κ3) is 4.58. The number of phenols is 1. The molecule has 1 aromatic carbocycles. The van der Waals surface area contributed by atoms with Crippen molar-refractivity contribution in [3.05, 3.63) is 54.4 Å². The Kier molecular flexibility index (Phi) is 6.38. The first-order chi connectivity index (χ1) is 15.6. The predicted molar refractivity (Wildman–Crippen MR) is 125 cm³/mol. The summed E-state index contributed by atoms with van der Waals surface area (Å²) < 4.78 is 0. The fraction of sp³-hybridized carbons (Fsp3) is 0.292. The van der Waals surface area contributed by atoms with Crippen molar-refractivity contribution in [3.8, 4) is 28.8 Å². The molecule has 1 saturated heterocycles. The van der Waals surface area contributed by atoms with Crippen LogP contribution in [0.25, 0.3) is 11.3 Å². The minimum absolute atomic E-state index is 0.158. The van der Waals surface area contributed by atoms with Crippen molar-refractivity contribution in [2.75, 3.05) is 41.8 Å². The number of aliphatic hydroxyl groups excluding tert-OH is 1. The fourth-order valence-corrected chi connectivity index (χ4v) is 3.95. The molecule has 1 aliphatic heterocycles. The molecule has 8 nitrogen and oxygen atoms in total. The van der Waals surface area contributed by atoms with Crippen LogP contribution in [0.2, 0.25) is 0 Å². The summed E-state index contributed by atoms with van der Waals surface area (Å²) in [5, 5.41) is 27.5. The van der Waals surface area contributed by atoms with Gasteiger partial charge in [0.15, 0.2) is 5.82 Å². The zero-order chi connectivity index (χ0) is 22.5. The van der Waals surface area contributed by atoms with Gasteiger partial charge in [-0.25, -0.2) is 4.98 Å². The van der Waals surface area contributed by atoms with Gasteiger partial charge in [-0.1, -0.05) is 18.1 Å². The Morgan fingerprint density at radius 3 is 2.78 bits per heavy atom. The summed E-state index contributed by atoms with van der Waals surface area (Å²) in [7, 11) is 0. The van der Waals surface area contributed by atoms with E-state index in [1.165, 1.54) is 0 Å². The average molecular weight is 431 g/mol. The molecule has 0 spiro atoms. The molecule has 32 heavy (non-hydrogen) atoms. The van der Waals surface area contributed by atoms with Crippen molar-refractivity contribution in [3.63, 3.8) is 0 Å². The number of anilines is 3.